The van der Waals surface area contributed by atoms with Gasteiger partial charge in [-0.15, -0.1) is 23.2 Å². The van der Waals surface area contributed by atoms with E-state index in [1.54, 1.807) is 0 Å². The first-order valence-corrected chi connectivity index (χ1v) is 6.37. The number of alkyl halides is 2. The van der Waals surface area contributed by atoms with E-state index in [4.69, 9.17) is 33.0 Å². The molecule has 0 saturated heterocycles. The highest BCUT2D eigenvalue weighted by molar-refractivity contribution is 6.51. The molecular formula is C13H16Cl2O2. The summed E-state index contributed by atoms with van der Waals surface area (Å²) in [5.74, 6) is 0.967. The maximum absolute atomic E-state index is 9.12. The van der Waals surface area contributed by atoms with E-state index in [1.807, 2.05) is 38.1 Å². The largest absolute Gasteiger partial charge is 0.485 e. The first kappa shape index (κ1) is 13.0. The Bertz CT molecular complexity index is 398. The van der Waals surface area contributed by atoms with E-state index in [2.05, 4.69) is 0 Å². The predicted octanol–water partition coefficient (Wildman–Crippen LogP) is 3.50. The van der Waals surface area contributed by atoms with E-state index in [-0.39, 0.29) is 12.5 Å². The molecule has 2 nitrogen and oxygen atoms in total. The second-order valence-electron chi connectivity index (χ2n) is 5.11. The normalized spacial score (nSPS) is 22.3. The van der Waals surface area contributed by atoms with Gasteiger partial charge in [-0.05, 0) is 38.0 Å². The van der Waals surface area contributed by atoms with Gasteiger partial charge >= 0.3 is 0 Å². The van der Waals surface area contributed by atoms with Crippen molar-refractivity contribution in [3.8, 4) is 5.75 Å². The van der Waals surface area contributed by atoms with Crippen molar-refractivity contribution in [2.24, 2.45) is 0 Å². The smallest absolute Gasteiger partial charge is 0.126 e. The van der Waals surface area contributed by atoms with E-state index in [9.17, 15) is 0 Å². The lowest BCUT2D eigenvalue weighted by molar-refractivity contribution is 0.0412. The molecule has 0 spiro atoms. The molecule has 1 saturated carbocycles. The standard InChI is InChI=1S/C13H16Cl2O2/c1-12(2,8-16)17-10-5-3-9(4-6-10)11-7-13(11,14)15/h3-6,11,16H,7-8H2,1-2H3. The van der Waals surface area contributed by atoms with E-state index in [0.717, 1.165) is 17.7 Å². The molecule has 0 aliphatic heterocycles. The minimum Gasteiger partial charge on any atom is -0.485 e. The Morgan fingerprint density at radius 2 is 1.88 bits per heavy atom. The number of aliphatic hydroxyl groups is 1. The molecule has 1 fully saturated rings. The fourth-order valence-corrected chi connectivity index (χ4v) is 2.25. The Labute approximate surface area is 111 Å². The summed E-state index contributed by atoms with van der Waals surface area (Å²) in [4.78, 5) is 0. The maximum atomic E-state index is 9.12. The molecule has 17 heavy (non-hydrogen) atoms. The second-order valence-corrected chi connectivity index (χ2v) is 6.65. The van der Waals surface area contributed by atoms with Gasteiger partial charge in [0.15, 0.2) is 0 Å². The summed E-state index contributed by atoms with van der Waals surface area (Å²) >= 11 is 12.0. The van der Waals surface area contributed by atoms with E-state index in [0.29, 0.717) is 0 Å². The van der Waals surface area contributed by atoms with Gasteiger partial charge in [0, 0.05) is 5.92 Å². The molecule has 94 valence electrons. The number of rotatable bonds is 4. The quantitative estimate of drug-likeness (QED) is 0.852. The Hall–Kier alpha value is -0.440. The zero-order valence-corrected chi connectivity index (χ0v) is 11.4. The molecule has 0 bridgehead atoms. The molecule has 1 N–H and O–H groups in total. The number of benzene rings is 1. The van der Waals surface area contributed by atoms with Crippen molar-refractivity contribution in [2.45, 2.75) is 36.1 Å². The second kappa shape index (κ2) is 4.34. The summed E-state index contributed by atoms with van der Waals surface area (Å²) in [6.07, 6.45) is 0.804. The summed E-state index contributed by atoms with van der Waals surface area (Å²) < 4.78 is 5.05. The molecule has 2 rings (SSSR count). The zero-order valence-electron chi connectivity index (χ0n) is 9.91. The van der Waals surface area contributed by atoms with Gasteiger partial charge in [-0.3, -0.25) is 0 Å². The fourth-order valence-electron chi connectivity index (χ4n) is 1.69. The molecule has 1 aliphatic rings. The lowest BCUT2D eigenvalue weighted by Crippen LogP contribution is -2.32. The fraction of sp³-hybridized carbons (Fsp3) is 0.538. The van der Waals surface area contributed by atoms with Crippen molar-refractivity contribution >= 4 is 23.2 Å². The van der Waals surface area contributed by atoms with Gasteiger partial charge < -0.3 is 9.84 Å². The monoisotopic (exact) mass is 274 g/mol. The minimum absolute atomic E-state index is 0.0240. The van der Waals surface area contributed by atoms with Gasteiger partial charge in [-0.1, -0.05) is 12.1 Å². The van der Waals surface area contributed by atoms with Crippen molar-refractivity contribution in [3.05, 3.63) is 29.8 Å². The Morgan fingerprint density at radius 1 is 1.35 bits per heavy atom. The van der Waals surface area contributed by atoms with E-state index >= 15 is 0 Å². The molecule has 1 aliphatic carbocycles. The number of ether oxygens (including phenoxy) is 1. The van der Waals surface area contributed by atoms with E-state index < -0.39 is 9.93 Å². The molecule has 1 unspecified atom stereocenters. The molecule has 1 aromatic rings. The Balaban J connectivity index is 2.04. The molecule has 0 amide bonds. The first-order chi connectivity index (χ1) is 7.84. The zero-order chi connectivity index (χ0) is 12.7. The van der Waals surface area contributed by atoms with E-state index in [1.165, 1.54) is 0 Å². The molecule has 0 aromatic heterocycles. The van der Waals surface area contributed by atoms with Gasteiger partial charge in [0.1, 0.15) is 15.7 Å². The van der Waals surface area contributed by atoms with Crippen molar-refractivity contribution < 1.29 is 9.84 Å². The lowest BCUT2D eigenvalue weighted by atomic mass is 10.1. The van der Waals surface area contributed by atoms with Gasteiger partial charge in [0.2, 0.25) is 0 Å². The molecule has 0 radical (unpaired) electrons. The van der Waals surface area contributed by atoms with Crippen molar-refractivity contribution in [1.29, 1.82) is 0 Å². The Morgan fingerprint density at radius 3 is 2.29 bits per heavy atom. The van der Waals surface area contributed by atoms with Crippen LogP contribution in [0.2, 0.25) is 0 Å². The average molecular weight is 275 g/mol. The van der Waals surface area contributed by atoms with Crippen LogP contribution in [0.1, 0.15) is 31.7 Å². The molecule has 4 heteroatoms. The van der Waals surface area contributed by atoms with Crippen LogP contribution in [0.15, 0.2) is 24.3 Å². The molecule has 0 heterocycles. The van der Waals surface area contributed by atoms with Crippen LogP contribution in [0.3, 0.4) is 0 Å². The first-order valence-electron chi connectivity index (χ1n) is 5.62. The van der Waals surface area contributed by atoms with Crippen LogP contribution in [-0.2, 0) is 0 Å². The topological polar surface area (TPSA) is 29.5 Å². The van der Waals surface area contributed by atoms with Crippen molar-refractivity contribution in [3.63, 3.8) is 0 Å². The number of hydrogen-bond donors (Lipinski definition) is 1. The SMILES string of the molecule is CC(C)(CO)Oc1ccc(C2CC2(Cl)Cl)cc1. The van der Waals surface area contributed by atoms with Crippen LogP contribution in [0, 0.1) is 0 Å². The van der Waals surface area contributed by atoms with Crippen LogP contribution in [0.4, 0.5) is 0 Å². The van der Waals surface area contributed by atoms with Crippen molar-refractivity contribution in [1.82, 2.24) is 0 Å². The average Bonchev–Trinajstić information content (AvgIpc) is 2.88. The molecule has 1 atom stereocenters. The summed E-state index contributed by atoms with van der Waals surface area (Å²) in [6.45, 7) is 3.65. The minimum atomic E-state index is -0.591. The van der Waals surface area contributed by atoms with Crippen LogP contribution in [0.25, 0.3) is 0 Å². The maximum Gasteiger partial charge on any atom is 0.126 e. The highest BCUT2D eigenvalue weighted by atomic mass is 35.5. The van der Waals surface area contributed by atoms with Gasteiger partial charge in [0.25, 0.3) is 0 Å². The third kappa shape index (κ3) is 3.06. The highest BCUT2D eigenvalue weighted by Crippen LogP contribution is 2.59. The lowest BCUT2D eigenvalue weighted by Gasteiger charge is -2.23. The summed E-state index contributed by atoms with van der Waals surface area (Å²) in [5.41, 5.74) is 0.563. The van der Waals surface area contributed by atoms with Crippen molar-refractivity contribution in [2.75, 3.05) is 6.61 Å². The third-order valence-electron chi connectivity index (χ3n) is 2.88. The van der Waals surface area contributed by atoms with Gasteiger partial charge in [0.05, 0.1) is 6.61 Å². The summed E-state index contributed by atoms with van der Waals surface area (Å²) in [5, 5.41) is 9.12. The molecular weight excluding hydrogens is 259 g/mol. The molecule has 1 aromatic carbocycles. The van der Waals surface area contributed by atoms with Gasteiger partial charge in [-0.2, -0.15) is 0 Å². The van der Waals surface area contributed by atoms with Crippen LogP contribution in [0.5, 0.6) is 5.75 Å². The number of hydrogen-bond acceptors (Lipinski definition) is 2. The number of halogens is 2. The van der Waals surface area contributed by atoms with Crippen LogP contribution < -0.4 is 4.74 Å². The highest BCUT2D eigenvalue weighted by Gasteiger charge is 2.52. The van der Waals surface area contributed by atoms with Gasteiger partial charge in [-0.25, -0.2) is 0 Å². The summed E-state index contributed by atoms with van der Waals surface area (Å²) in [7, 11) is 0. The van der Waals surface area contributed by atoms with Crippen LogP contribution >= 0.6 is 23.2 Å². The third-order valence-corrected chi connectivity index (χ3v) is 3.72. The number of aliphatic hydroxyl groups excluding tert-OH is 1. The van der Waals surface area contributed by atoms with Crippen LogP contribution in [-0.4, -0.2) is 21.6 Å². The predicted molar refractivity (Wildman–Crippen MR) is 70.0 cm³/mol. The summed E-state index contributed by atoms with van der Waals surface area (Å²) in [6, 6.07) is 7.71. The Kier molecular flexibility index (Phi) is 3.32.